The molecule has 2 unspecified atom stereocenters. The molecule has 1 aliphatic heterocycles. The van der Waals surface area contributed by atoms with E-state index in [2.05, 4.69) is 17.3 Å². The molecule has 1 aromatic carbocycles. The van der Waals surface area contributed by atoms with Crippen molar-refractivity contribution in [3.8, 4) is 0 Å². The van der Waals surface area contributed by atoms with Crippen LogP contribution in [0.1, 0.15) is 30.0 Å². The molecule has 0 saturated carbocycles. The number of rotatable bonds is 3. The number of nitrogens with zero attached hydrogens (tertiary/aromatic N) is 1. The third kappa shape index (κ3) is 2.73. The highest BCUT2D eigenvalue weighted by atomic mass is 19.1. The molecule has 1 aromatic rings. The van der Waals surface area contributed by atoms with Gasteiger partial charge in [0, 0.05) is 6.04 Å². The van der Waals surface area contributed by atoms with Gasteiger partial charge < -0.3 is 5.32 Å². The number of halogens is 1. The summed E-state index contributed by atoms with van der Waals surface area (Å²) in [5.41, 5.74) is 2.34. The molecular weight excluding hydrogens is 227 g/mol. The Bertz CT molecular complexity index is 403. The Balaban J connectivity index is 2.31. The molecule has 1 N–H and O–H groups in total. The van der Waals surface area contributed by atoms with E-state index in [1.54, 1.807) is 12.1 Å². The third-order valence-corrected chi connectivity index (χ3v) is 4.02. The van der Waals surface area contributed by atoms with Gasteiger partial charge in [-0.2, -0.15) is 0 Å². The zero-order chi connectivity index (χ0) is 13.1. The molecule has 0 aromatic heterocycles. The maximum Gasteiger partial charge on any atom is 0.123 e. The van der Waals surface area contributed by atoms with Crippen LogP contribution in [0.25, 0.3) is 0 Å². The maximum atomic E-state index is 13.2. The molecule has 2 rings (SSSR count). The van der Waals surface area contributed by atoms with Crippen LogP contribution in [0.5, 0.6) is 0 Å². The first-order chi connectivity index (χ1) is 8.63. The smallest absolute Gasteiger partial charge is 0.123 e. The highest BCUT2D eigenvalue weighted by molar-refractivity contribution is 5.30. The quantitative estimate of drug-likeness (QED) is 0.887. The lowest BCUT2D eigenvalue weighted by atomic mass is 9.83. The SMILES string of the molecule is CNCC1CCCN(C)C1c1ccc(F)cc1C. The van der Waals surface area contributed by atoms with Crippen LogP contribution in [0.3, 0.4) is 0 Å². The van der Waals surface area contributed by atoms with Gasteiger partial charge >= 0.3 is 0 Å². The summed E-state index contributed by atoms with van der Waals surface area (Å²) in [6.45, 7) is 4.16. The van der Waals surface area contributed by atoms with Crippen molar-refractivity contribution in [2.24, 2.45) is 5.92 Å². The van der Waals surface area contributed by atoms with Gasteiger partial charge in [0.05, 0.1) is 0 Å². The Morgan fingerprint density at radius 3 is 2.89 bits per heavy atom. The van der Waals surface area contributed by atoms with Crippen molar-refractivity contribution >= 4 is 0 Å². The molecule has 100 valence electrons. The molecule has 2 atom stereocenters. The van der Waals surface area contributed by atoms with Crippen LogP contribution < -0.4 is 5.32 Å². The van der Waals surface area contributed by atoms with E-state index in [1.165, 1.54) is 18.4 Å². The van der Waals surface area contributed by atoms with Gasteiger partial charge in [0.25, 0.3) is 0 Å². The average Bonchev–Trinajstić information content (AvgIpc) is 2.31. The summed E-state index contributed by atoms with van der Waals surface area (Å²) in [4.78, 5) is 2.41. The molecule has 0 aliphatic carbocycles. The number of aryl methyl sites for hydroxylation is 1. The number of nitrogens with one attached hydrogen (secondary N) is 1. The van der Waals surface area contributed by atoms with E-state index in [0.717, 1.165) is 18.7 Å². The first-order valence-corrected chi connectivity index (χ1v) is 6.74. The second kappa shape index (κ2) is 5.81. The third-order valence-electron chi connectivity index (χ3n) is 4.02. The van der Waals surface area contributed by atoms with Gasteiger partial charge in [0.2, 0.25) is 0 Å². The summed E-state index contributed by atoms with van der Waals surface area (Å²) in [7, 11) is 4.18. The Morgan fingerprint density at radius 2 is 2.22 bits per heavy atom. The average molecular weight is 250 g/mol. The second-order valence-corrected chi connectivity index (χ2v) is 5.39. The zero-order valence-corrected chi connectivity index (χ0v) is 11.5. The Hall–Kier alpha value is -0.930. The highest BCUT2D eigenvalue weighted by Gasteiger charge is 2.30. The van der Waals surface area contributed by atoms with E-state index < -0.39 is 0 Å². The van der Waals surface area contributed by atoms with Crippen molar-refractivity contribution in [2.45, 2.75) is 25.8 Å². The summed E-state index contributed by atoms with van der Waals surface area (Å²) in [5.74, 6) is 0.470. The number of piperidine rings is 1. The predicted molar refractivity (Wildman–Crippen MR) is 73.2 cm³/mol. The van der Waals surface area contributed by atoms with Gasteiger partial charge in [-0.15, -0.1) is 0 Å². The first kappa shape index (κ1) is 13.5. The van der Waals surface area contributed by atoms with Crippen molar-refractivity contribution < 1.29 is 4.39 Å². The maximum absolute atomic E-state index is 13.2. The Labute approximate surface area is 109 Å². The van der Waals surface area contributed by atoms with Crippen LogP contribution in [-0.4, -0.2) is 32.1 Å². The van der Waals surface area contributed by atoms with E-state index in [9.17, 15) is 4.39 Å². The van der Waals surface area contributed by atoms with E-state index >= 15 is 0 Å². The van der Waals surface area contributed by atoms with Gasteiger partial charge in [0.15, 0.2) is 0 Å². The largest absolute Gasteiger partial charge is 0.319 e. The van der Waals surface area contributed by atoms with Crippen LogP contribution in [0.15, 0.2) is 18.2 Å². The second-order valence-electron chi connectivity index (χ2n) is 5.39. The predicted octanol–water partition coefficient (Wildman–Crippen LogP) is 2.74. The molecule has 1 fully saturated rings. The van der Waals surface area contributed by atoms with Gasteiger partial charge in [-0.25, -0.2) is 4.39 Å². The van der Waals surface area contributed by atoms with Crippen LogP contribution in [0, 0.1) is 18.7 Å². The monoisotopic (exact) mass is 250 g/mol. The minimum absolute atomic E-state index is 0.139. The fourth-order valence-corrected chi connectivity index (χ4v) is 3.20. The Morgan fingerprint density at radius 1 is 1.44 bits per heavy atom. The standard InChI is InChI=1S/C15H23FN2/c1-11-9-13(16)6-7-14(11)15-12(10-17-2)5-4-8-18(15)3/h6-7,9,12,15,17H,4-5,8,10H2,1-3H3. The van der Waals surface area contributed by atoms with Crippen LogP contribution in [0.4, 0.5) is 4.39 Å². The van der Waals surface area contributed by atoms with Gasteiger partial charge in [0.1, 0.15) is 5.82 Å². The first-order valence-electron chi connectivity index (χ1n) is 6.74. The highest BCUT2D eigenvalue weighted by Crippen LogP contribution is 2.36. The molecule has 3 heteroatoms. The van der Waals surface area contributed by atoms with E-state index in [0.29, 0.717) is 12.0 Å². The summed E-state index contributed by atoms with van der Waals surface area (Å²) in [6.07, 6.45) is 2.49. The fraction of sp³-hybridized carbons (Fsp3) is 0.600. The van der Waals surface area contributed by atoms with Crippen molar-refractivity contribution in [1.82, 2.24) is 10.2 Å². The summed E-state index contributed by atoms with van der Waals surface area (Å²) < 4.78 is 13.2. The normalized spacial score (nSPS) is 25.3. The topological polar surface area (TPSA) is 15.3 Å². The lowest BCUT2D eigenvalue weighted by Crippen LogP contribution is -2.40. The molecular formula is C15H23FN2. The van der Waals surface area contributed by atoms with Crippen molar-refractivity contribution in [3.05, 3.63) is 35.1 Å². The lowest BCUT2D eigenvalue weighted by Gasteiger charge is -2.40. The molecule has 0 bridgehead atoms. The van der Waals surface area contributed by atoms with E-state index in [4.69, 9.17) is 0 Å². The van der Waals surface area contributed by atoms with E-state index in [-0.39, 0.29) is 5.82 Å². The van der Waals surface area contributed by atoms with Gasteiger partial charge in [-0.05, 0) is 76.1 Å². The van der Waals surface area contributed by atoms with Gasteiger partial charge in [-0.1, -0.05) is 6.07 Å². The zero-order valence-electron chi connectivity index (χ0n) is 11.5. The summed E-state index contributed by atoms with van der Waals surface area (Å²) in [5, 5.41) is 3.29. The van der Waals surface area contributed by atoms with Crippen molar-refractivity contribution in [3.63, 3.8) is 0 Å². The molecule has 1 aliphatic rings. The van der Waals surface area contributed by atoms with Crippen molar-refractivity contribution in [2.75, 3.05) is 27.2 Å². The Kier molecular flexibility index (Phi) is 4.36. The molecule has 1 heterocycles. The molecule has 2 nitrogen and oxygen atoms in total. The number of hydrogen-bond acceptors (Lipinski definition) is 2. The minimum atomic E-state index is -0.139. The van der Waals surface area contributed by atoms with Crippen molar-refractivity contribution in [1.29, 1.82) is 0 Å². The summed E-state index contributed by atoms with van der Waals surface area (Å²) in [6, 6.07) is 5.60. The number of likely N-dealkylation sites (tertiary alicyclic amines) is 1. The van der Waals surface area contributed by atoms with Crippen LogP contribution >= 0.6 is 0 Å². The molecule has 0 amide bonds. The van der Waals surface area contributed by atoms with Crippen LogP contribution in [0.2, 0.25) is 0 Å². The molecule has 0 spiro atoms. The fourth-order valence-electron chi connectivity index (χ4n) is 3.20. The van der Waals surface area contributed by atoms with Crippen LogP contribution in [-0.2, 0) is 0 Å². The summed E-state index contributed by atoms with van der Waals surface area (Å²) >= 11 is 0. The molecule has 0 radical (unpaired) electrons. The number of benzene rings is 1. The molecule has 18 heavy (non-hydrogen) atoms. The minimum Gasteiger partial charge on any atom is -0.319 e. The van der Waals surface area contributed by atoms with Gasteiger partial charge in [-0.3, -0.25) is 4.90 Å². The molecule has 1 saturated heterocycles. The van der Waals surface area contributed by atoms with E-state index in [1.807, 2.05) is 20.0 Å². The number of hydrogen-bond donors (Lipinski definition) is 1. The lowest BCUT2D eigenvalue weighted by molar-refractivity contribution is 0.120.